The maximum absolute atomic E-state index is 12.3. The summed E-state index contributed by atoms with van der Waals surface area (Å²) in [4.78, 5) is 24.9. The minimum atomic E-state index is -0.990. The fraction of sp³-hybridized carbons (Fsp3) is 0.385. The second-order valence-corrected chi connectivity index (χ2v) is 6.68. The van der Waals surface area contributed by atoms with E-state index in [1.807, 2.05) is 6.92 Å². The number of hydrogen-bond acceptors (Lipinski definition) is 4. The molecule has 0 radical (unpaired) electrons. The first kappa shape index (κ1) is 16.0. The lowest BCUT2D eigenvalue weighted by Gasteiger charge is -2.25. The van der Waals surface area contributed by atoms with E-state index in [2.05, 4.69) is 21.2 Å². The van der Waals surface area contributed by atoms with Crippen molar-refractivity contribution in [3.63, 3.8) is 0 Å². The van der Waals surface area contributed by atoms with Gasteiger partial charge in [0, 0.05) is 17.5 Å². The Bertz CT molecular complexity index is 569. The first-order valence-electron chi connectivity index (χ1n) is 6.21. The third-order valence-electron chi connectivity index (χ3n) is 3.14. The van der Waals surface area contributed by atoms with Gasteiger partial charge in [0.2, 0.25) is 0 Å². The number of carboxylic acids is 1. The molecule has 0 saturated carbocycles. The number of benzene rings is 1. The maximum atomic E-state index is 12.3. The van der Waals surface area contributed by atoms with Crippen LogP contribution in [0.25, 0.3) is 0 Å². The summed E-state index contributed by atoms with van der Waals surface area (Å²) in [6.07, 6.45) is 0. The number of methoxy groups -OCH3 is 1. The Hall–Kier alpha value is -1.41. The van der Waals surface area contributed by atoms with Crippen molar-refractivity contribution in [1.29, 1.82) is 0 Å². The quantitative estimate of drug-likeness (QED) is 0.850. The van der Waals surface area contributed by atoms with E-state index in [-0.39, 0.29) is 5.37 Å². The highest BCUT2D eigenvalue weighted by Gasteiger charge is 2.39. The van der Waals surface area contributed by atoms with E-state index in [1.165, 1.54) is 23.8 Å². The number of hydrogen-bond donors (Lipinski definition) is 2. The number of amides is 2. The van der Waals surface area contributed by atoms with Crippen LogP contribution >= 0.6 is 27.7 Å². The molecule has 8 heteroatoms. The number of carbonyl (C=O) groups excluding carboxylic acids is 1. The summed E-state index contributed by atoms with van der Waals surface area (Å²) in [7, 11) is 1.53. The summed E-state index contributed by atoms with van der Waals surface area (Å²) in [5, 5.41) is 11.7. The molecule has 1 aromatic carbocycles. The number of halogens is 1. The average molecular weight is 375 g/mol. The lowest BCUT2D eigenvalue weighted by Crippen LogP contribution is -2.46. The average Bonchev–Trinajstić information content (AvgIpc) is 2.83. The lowest BCUT2D eigenvalue weighted by molar-refractivity contribution is -0.141. The summed E-state index contributed by atoms with van der Waals surface area (Å²) >= 11 is 4.77. The van der Waals surface area contributed by atoms with Crippen LogP contribution in [0.15, 0.2) is 22.7 Å². The molecule has 1 fully saturated rings. The highest BCUT2D eigenvalue weighted by atomic mass is 79.9. The van der Waals surface area contributed by atoms with Gasteiger partial charge < -0.3 is 15.2 Å². The van der Waals surface area contributed by atoms with E-state index >= 15 is 0 Å². The zero-order valence-electron chi connectivity index (χ0n) is 11.5. The molecule has 1 aliphatic rings. The first-order chi connectivity index (χ1) is 9.93. The molecule has 1 heterocycles. The Balaban J connectivity index is 2.15. The van der Waals surface area contributed by atoms with Gasteiger partial charge in [-0.25, -0.2) is 9.59 Å². The molecular weight excluding hydrogens is 360 g/mol. The Morgan fingerprint density at radius 1 is 1.52 bits per heavy atom. The molecular formula is C13H15BrN2O4S. The normalized spacial score (nSPS) is 21.2. The largest absolute Gasteiger partial charge is 0.495 e. The number of carbonyl (C=O) groups is 2. The minimum absolute atomic E-state index is 0.177. The molecule has 2 rings (SSSR count). The van der Waals surface area contributed by atoms with Crippen LogP contribution in [0.3, 0.4) is 0 Å². The number of urea groups is 1. The fourth-order valence-electron chi connectivity index (χ4n) is 2.07. The molecule has 2 N–H and O–H groups in total. The predicted octanol–water partition coefficient (Wildman–Crippen LogP) is 2.84. The van der Waals surface area contributed by atoms with E-state index in [9.17, 15) is 14.7 Å². The molecule has 0 aliphatic carbocycles. The smallest absolute Gasteiger partial charge is 0.327 e. The van der Waals surface area contributed by atoms with Crippen molar-refractivity contribution in [3.05, 3.63) is 22.7 Å². The molecule has 1 saturated heterocycles. The molecule has 1 aliphatic heterocycles. The van der Waals surface area contributed by atoms with Gasteiger partial charge in [0.1, 0.15) is 11.8 Å². The van der Waals surface area contributed by atoms with Crippen LogP contribution in [0.4, 0.5) is 10.5 Å². The van der Waals surface area contributed by atoms with Crippen LogP contribution in [0, 0.1) is 0 Å². The Morgan fingerprint density at radius 3 is 2.86 bits per heavy atom. The molecule has 114 valence electrons. The maximum Gasteiger partial charge on any atom is 0.327 e. The monoisotopic (exact) mass is 374 g/mol. The number of nitrogens with one attached hydrogen (secondary N) is 1. The second-order valence-electron chi connectivity index (χ2n) is 4.47. The number of carboxylic acid groups (broad SMARTS) is 1. The van der Waals surface area contributed by atoms with Crippen LogP contribution in [-0.4, -0.2) is 46.3 Å². The van der Waals surface area contributed by atoms with Crippen LogP contribution < -0.4 is 10.1 Å². The number of ether oxygens (including phenoxy) is 1. The number of thioether (sulfide) groups is 1. The molecule has 0 aromatic heterocycles. The zero-order valence-corrected chi connectivity index (χ0v) is 13.9. The highest BCUT2D eigenvalue weighted by molar-refractivity contribution is 9.10. The van der Waals surface area contributed by atoms with Crippen LogP contribution in [0.2, 0.25) is 0 Å². The van der Waals surface area contributed by atoms with Gasteiger partial charge in [-0.1, -0.05) is 0 Å². The first-order valence-corrected chi connectivity index (χ1v) is 8.05. The topological polar surface area (TPSA) is 78.9 Å². The molecule has 0 spiro atoms. The van der Waals surface area contributed by atoms with E-state index in [0.717, 1.165) is 4.47 Å². The van der Waals surface area contributed by atoms with Crippen LogP contribution in [-0.2, 0) is 4.79 Å². The van der Waals surface area contributed by atoms with Crippen molar-refractivity contribution < 1.29 is 19.4 Å². The Morgan fingerprint density at radius 2 is 2.24 bits per heavy atom. The van der Waals surface area contributed by atoms with Crippen molar-refractivity contribution >= 4 is 45.4 Å². The Kier molecular flexibility index (Phi) is 5.00. The zero-order chi connectivity index (χ0) is 15.6. The van der Waals surface area contributed by atoms with Crippen molar-refractivity contribution in [2.24, 2.45) is 0 Å². The Labute approximate surface area is 135 Å². The number of nitrogens with zero attached hydrogens (tertiary/aromatic N) is 1. The molecule has 2 atom stereocenters. The van der Waals surface area contributed by atoms with Gasteiger partial charge in [-0.2, -0.15) is 0 Å². The molecule has 2 unspecified atom stereocenters. The van der Waals surface area contributed by atoms with Crippen molar-refractivity contribution in [2.45, 2.75) is 18.3 Å². The summed E-state index contributed by atoms with van der Waals surface area (Å²) in [5.41, 5.74) is 0.549. The van der Waals surface area contributed by atoms with E-state index < -0.39 is 18.0 Å². The van der Waals surface area contributed by atoms with Gasteiger partial charge in [0.05, 0.1) is 17.0 Å². The van der Waals surface area contributed by atoms with E-state index in [1.54, 1.807) is 18.2 Å². The third-order valence-corrected chi connectivity index (χ3v) is 5.02. The SMILES string of the molecule is COc1cc(NC(=O)N2C(C)SCC2C(=O)O)ccc1Br. The third kappa shape index (κ3) is 3.44. The van der Waals surface area contributed by atoms with Crippen molar-refractivity contribution in [3.8, 4) is 5.75 Å². The van der Waals surface area contributed by atoms with Crippen LogP contribution in [0.5, 0.6) is 5.75 Å². The molecule has 1 aromatic rings. The van der Waals surface area contributed by atoms with Crippen LogP contribution in [0.1, 0.15) is 6.92 Å². The van der Waals surface area contributed by atoms with Crippen molar-refractivity contribution in [2.75, 3.05) is 18.2 Å². The minimum Gasteiger partial charge on any atom is -0.495 e. The standard InChI is InChI=1S/C13H15BrN2O4S/c1-7-16(10(6-21-7)12(17)18)13(19)15-8-3-4-9(14)11(5-8)20-2/h3-5,7,10H,6H2,1-2H3,(H,15,19)(H,17,18). The van der Waals surface area contributed by atoms with Gasteiger partial charge in [-0.3, -0.25) is 4.90 Å². The molecule has 21 heavy (non-hydrogen) atoms. The van der Waals surface area contributed by atoms with Gasteiger partial charge in [0.15, 0.2) is 0 Å². The lowest BCUT2D eigenvalue weighted by atomic mass is 10.3. The number of anilines is 1. The molecule has 0 bridgehead atoms. The van der Waals surface area contributed by atoms with Crippen molar-refractivity contribution in [1.82, 2.24) is 4.90 Å². The number of rotatable bonds is 3. The van der Waals surface area contributed by atoms with Gasteiger partial charge >= 0.3 is 12.0 Å². The van der Waals surface area contributed by atoms with Gasteiger partial charge in [-0.05, 0) is 35.0 Å². The van der Waals surface area contributed by atoms with Gasteiger partial charge in [0.25, 0.3) is 0 Å². The number of aliphatic carboxylic acids is 1. The summed E-state index contributed by atoms with van der Waals surface area (Å²) in [6.45, 7) is 1.81. The summed E-state index contributed by atoms with van der Waals surface area (Å²) < 4.78 is 5.94. The predicted molar refractivity (Wildman–Crippen MR) is 84.9 cm³/mol. The highest BCUT2D eigenvalue weighted by Crippen LogP contribution is 2.31. The van der Waals surface area contributed by atoms with E-state index in [4.69, 9.17) is 4.74 Å². The summed E-state index contributed by atoms with van der Waals surface area (Å²) in [5.74, 6) is -0.00469. The second kappa shape index (κ2) is 6.57. The molecule has 2 amide bonds. The summed E-state index contributed by atoms with van der Waals surface area (Å²) in [6, 6.07) is 3.91. The van der Waals surface area contributed by atoms with E-state index in [0.29, 0.717) is 17.2 Å². The van der Waals surface area contributed by atoms with Gasteiger partial charge in [-0.15, -0.1) is 11.8 Å². The fourth-order valence-corrected chi connectivity index (χ4v) is 3.64. The molecule has 6 nitrogen and oxygen atoms in total.